The molecule has 0 saturated carbocycles. The number of anilines is 1. The number of carbonyl (C=O) groups excluding carboxylic acids is 1. The van der Waals surface area contributed by atoms with Gasteiger partial charge in [-0.3, -0.25) is 9.78 Å². The number of carbonyl (C=O) groups is 1. The summed E-state index contributed by atoms with van der Waals surface area (Å²) < 4.78 is 0. The highest BCUT2D eigenvalue weighted by Gasteiger charge is 2.06. The second-order valence-electron chi connectivity index (χ2n) is 4.59. The molecule has 0 unspecified atom stereocenters. The van der Waals surface area contributed by atoms with E-state index in [2.05, 4.69) is 15.6 Å². The minimum absolute atomic E-state index is 0.0729. The van der Waals surface area contributed by atoms with Crippen molar-refractivity contribution in [2.24, 2.45) is 0 Å². The molecule has 1 heterocycles. The molecule has 0 spiro atoms. The van der Waals surface area contributed by atoms with Gasteiger partial charge in [0.15, 0.2) is 0 Å². The first-order valence-electron chi connectivity index (χ1n) is 6.72. The van der Waals surface area contributed by atoms with Crippen molar-refractivity contribution in [3.8, 4) is 0 Å². The first-order valence-corrected chi connectivity index (χ1v) is 6.72. The third-order valence-corrected chi connectivity index (χ3v) is 3.11. The van der Waals surface area contributed by atoms with Crippen molar-refractivity contribution in [3.63, 3.8) is 0 Å². The van der Waals surface area contributed by atoms with Gasteiger partial charge in [-0.1, -0.05) is 0 Å². The Morgan fingerprint density at radius 3 is 2.60 bits per heavy atom. The van der Waals surface area contributed by atoms with Crippen LogP contribution in [0.4, 0.5) is 5.69 Å². The van der Waals surface area contributed by atoms with Crippen LogP contribution in [0.25, 0.3) is 0 Å². The predicted octanol–water partition coefficient (Wildman–Crippen LogP) is 2.75. The van der Waals surface area contributed by atoms with Gasteiger partial charge in [-0.05, 0) is 55.3 Å². The number of benzene rings is 1. The summed E-state index contributed by atoms with van der Waals surface area (Å²) in [4.78, 5) is 16.1. The molecule has 2 N–H and O–H groups in total. The molecule has 0 aliphatic rings. The molecule has 2 aromatic rings. The van der Waals surface area contributed by atoms with Crippen LogP contribution in [-0.2, 0) is 6.54 Å². The summed E-state index contributed by atoms with van der Waals surface area (Å²) in [5, 5.41) is 6.11. The zero-order chi connectivity index (χ0) is 14.4. The Hall–Kier alpha value is -2.36. The Morgan fingerprint density at radius 2 is 1.95 bits per heavy atom. The maximum absolute atomic E-state index is 12.0. The molecule has 1 amide bonds. The number of hydrogen-bond donors (Lipinski definition) is 2. The highest BCUT2D eigenvalue weighted by atomic mass is 16.1. The van der Waals surface area contributed by atoms with Crippen molar-refractivity contribution < 1.29 is 4.79 Å². The van der Waals surface area contributed by atoms with Gasteiger partial charge in [-0.25, -0.2) is 0 Å². The average molecular weight is 269 g/mol. The second-order valence-corrected chi connectivity index (χ2v) is 4.59. The van der Waals surface area contributed by atoms with Gasteiger partial charge in [0.05, 0.1) is 0 Å². The molecule has 0 atom stereocenters. The number of rotatable bonds is 5. The van der Waals surface area contributed by atoms with Crippen molar-refractivity contribution >= 4 is 11.6 Å². The van der Waals surface area contributed by atoms with E-state index >= 15 is 0 Å². The van der Waals surface area contributed by atoms with E-state index in [1.165, 1.54) is 0 Å². The van der Waals surface area contributed by atoms with E-state index in [9.17, 15) is 4.79 Å². The van der Waals surface area contributed by atoms with Gasteiger partial charge in [-0.15, -0.1) is 0 Å². The minimum Gasteiger partial charge on any atom is -0.385 e. The standard InChI is InChI=1S/C16H19N3O/c1-3-18-15-6-4-13(5-7-15)16(20)19-11-14-10-17-9-8-12(14)2/h4-10,18H,3,11H2,1-2H3,(H,19,20). The molecule has 0 radical (unpaired) electrons. The fourth-order valence-corrected chi connectivity index (χ4v) is 1.90. The maximum Gasteiger partial charge on any atom is 0.251 e. The molecule has 0 aliphatic heterocycles. The minimum atomic E-state index is -0.0729. The summed E-state index contributed by atoms with van der Waals surface area (Å²) in [5.74, 6) is -0.0729. The second kappa shape index (κ2) is 6.70. The maximum atomic E-state index is 12.0. The van der Waals surface area contributed by atoms with Gasteiger partial charge in [-0.2, -0.15) is 0 Å². The summed E-state index contributed by atoms with van der Waals surface area (Å²) in [6.45, 7) is 5.41. The molecule has 1 aromatic carbocycles. The van der Waals surface area contributed by atoms with Gasteiger partial charge in [0.2, 0.25) is 0 Å². The van der Waals surface area contributed by atoms with Gasteiger partial charge >= 0.3 is 0 Å². The van der Waals surface area contributed by atoms with Crippen molar-refractivity contribution in [1.29, 1.82) is 0 Å². The van der Waals surface area contributed by atoms with Gasteiger partial charge in [0.1, 0.15) is 0 Å². The highest BCUT2D eigenvalue weighted by Crippen LogP contribution is 2.10. The lowest BCUT2D eigenvalue weighted by Gasteiger charge is -2.08. The zero-order valence-electron chi connectivity index (χ0n) is 11.8. The number of aromatic nitrogens is 1. The smallest absolute Gasteiger partial charge is 0.251 e. The van der Waals surface area contributed by atoms with E-state index in [1.54, 1.807) is 12.4 Å². The summed E-state index contributed by atoms with van der Waals surface area (Å²) in [7, 11) is 0. The largest absolute Gasteiger partial charge is 0.385 e. The normalized spacial score (nSPS) is 10.1. The molecule has 0 bridgehead atoms. The van der Waals surface area contributed by atoms with Crippen molar-refractivity contribution in [1.82, 2.24) is 10.3 Å². The van der Waals surface area contributed by atoms with Crippen LogP contribution in [0.3, 0.4) is 0 Å². The monoisotopic (exact) mass is 269 g/mol. The molecular weight excluding hydrogens is 250 g/mol. The quantitative estimate of drug-likeness (QED) is 0.877. The molecule has 1 aromatic heterocycles. The lowest BCUT2D eigenvalue weighted by atomic mass is 10.1. The van der Waals surface area contributed by atoms with Gasteiger partial charge in [0.25, 0.3) is 5.91 Å². The van der Waals surface area contributed by atoms with Crippen molar-refractivity contribution in [2.45, 2.75) is 20.4 Å². The summed E-state index contributed by atoms with van der Waals surface area (Å²) in [6, 6.07) is 9.40. The van der Waals surface area contributed by atoms with Crippen LogP contribution in [0.15, 0.2) is 42.7 Å². The van der Waals surface area contributed by atoms with E-state index in [0.717, 1.165) is 23.4 Å². The fraction of sp³-hybridized carbons (Fsp3) is 0.250. The van der Waals surface area contributed by atoms with Crippen LogP contribution in [-0.4, -0.2) is 17.4 Å². The molecule has 2 rings (SSSR count). The number of aryl methyl sites for hydroxylation is 1. The van der Waals surface area contributed by atoms with Crippen LogP contribution >= 0.6 is 0 Å². The third-order valence-electron chi connectivity index (χ3n) is 3.11. The highest BCUT2D eigenvalue weighted by molar-refractivity contribution is 5.94. The zero-order valence-corrected chi connectivity index (χ0v) is 11.8. The molecule has 4 nitrogen and oxygen atoms in total. The van der Waals surface area contributed by atoms with Crippen LogP contribution < -0.4 is 10.6 Å². The molecular formula is C16H19N3O. The first-order chi connectivity index (χ1) is 9.70. The molecule has 0 aliphatic carbocycles. The van der Waals surface area contributed by atoms with E-state index in [4.69, 9.17) is 0 Å². The summed E-state index contributed by atoms with van der Waals surface area (Å²) in [5.41, 5.74) is 3.84. The Labute approximate surface area is 119 Å². The molecule has 0 saturated heterocycles. The van der Waals surface area contributed by atoms with Crippen LogP contribution in [0.5, 0.6) is 0 Å². The topological polar surface area (TPSA) is 54.0 Å². The predicted molar refractivity (Wildman–Crippen MR) is 80.7 cm³/mol. The van der Waals surface area contributed by atoms with E-state index in [-0.39, 0.29) is 5.91 Å². The van der Waals surface area contributed by atoms with Crippen molar-refractivity contribution in [3.05, 3.63) is 59.4 Å². The Balaban J connectivity index is 1.96. The van der Waals surface area contributed by atoms with Gasteiger partial charge in [0, 0.05) is 36.7 Å². The van der Waals surface area contributed by atoms with Crippen LogP contribution in [0, 0.1) is 6.92 Å². The van der Waals surface area contributed by atoms with Crippen LogP contribution in [0.2, 0.25) is 0 Å². The molecule has 4 heteroatoms. The molecule has 104 valence electrons. The number of pyridine rings is 1. The number of hydrogen-bond acceptors (Lipinski definition) is 3. The number of amides is 1. The van der Waals surface area contributed by atoms with Crippen LogP contribution in [0.1, 0.15) is 28.4 Å². The molecule has 20 heavy (non-hydrogen) atoms. The molecule has 0 fully saturated rings. The Morgan fingerprint density at radius 1 is 1.20 bits per heavy atom. The summed E-state index contributed by atoms with van der Waals surface area (Å²) >= 11 is 0. The number of nitrogens with zero attached hydrogens (tertiary/aromatic N) is 1. The van der Waals surface area contributed by atoms with Gasteiger partial charge < -0.3 is 10.6 Å². The Kier molecular flexibility index (Phi) is 4.71. The van der Waals surface area contributed by atoms with E-state index in [0.29, 0.717) is 12.1 Å². The summed E-state index contributed by atoms with van der Waals surface area (Å²) in [6.07, 6.45) is 3.53. The lowest BCUT2D eigenvalue weighted by molar-refractivity contribution is 0.0951. The van der Waals surface area contributed by atoms with E-state index in [1.807, 2.05) is 44.2 Å². The Bertz CT molecular complexity index is 579. The lowest BCUT2D eigenvalue weighted by Crippen LogP contribution is -2.23. The van der Waals surface area contributed by atoms with Crippen molar-refractivity contribution in [2.75, 3.05) is 11.9 Å². The fourth-order valence-electron chi connectivity index (χ4n) is 1.90. The van der Waals surface area contributed by atoms with E-state index < -0.39 is 0 Å². The third kappa shape index (κ3) is 3.57. The SMILES string of the molecule is CCNc1ccc(C(=O)NCc2cnccc2C)cc1. The average Bonchev–Trinajstić information content (AvgIpc) is 2.47. The first kappa shape index (κ1) is 14.1. The number of nitrogens with one attached hydrogen (secondary N) is 2.